The van der Waals surface area contributed by atoms with E-state index in [1.807, 2.05) is 6.07 Å². The molecule has 2 atom stereocenters. The van der Waals surface area contributed by atoms with E-state index in [1.165, 1.54) is 0 Å². The first kappa shape index (κ1) is 19.1. The summed E-state index contributed by atoms with van der Waals surface area (Å²) in [4.78, 5) is 21.1. The van der Waals surface area contributed by atoms with Crippen molar-refractivity contribution >= 4 is 23.2 Å². The van der Waals surface area contributed by atoms with E-state index in [4.69, 9.17) is 22.5 Å². The topological polar surface area (TPSA) is 163 Å². The van der Waals surface area contributed by atoms with Crippen LogP contribution in [0.4, 0.5) is 11.6 Å². The Morgan fingerprint density at radius 1 is 1.39 bits per heavy atom. The molecular formula is C19H24N8O. The van der Waals surface area contributed by atoms with E-state index >= 15 is 0 Å². The van der Waals surface area contributed by atoms with Crippen molar-refractivity contribution in [2.75, 3.05) is 23.7 Å². The molecule has 0 bridgehead atoms. The average Bonchev–Trinajstić information content (AvgIpc) is 3.12. The number of piperidine rings is 1. The zero-order valence-electron chi connectivity index (χ0n) is 15.6. The number of rotatable bonds is 5. The second-order valence-corrected chi connectivity index (χ2v) is 6.94. The first-order chi connectivity index (χ1) is 13.4. The van der Waals surface area contributed by atoms with Crippen LogP contribution in [-0.2, 0) is 4.79 Å². The minimum Gasteiger partial charge on any atom is -0.393 e. The SMILES string of the molecule is CC1CN(c2ccc(C#N)cn2)CCC1N/C(=C(/N)C(N)=O)c1cc[nH]c1N. The Hall–Kier alpha value is -3.67. The molecule has 3 rings (SSSR count). The standard InChI is InChI=1S/C19H24N8O/c1-11-10-27(15-3-2-12(8-20)9-25-15)7-5-14(11)26-17(16(21)19(23)28)13-4-6-24-18(13)22/h2-4,6,9,11,14,24,26H,5,7,10,21-22H2,1H3,(H2,23,28)/b17-16+. The monoisotopic (exact) mass is 380 g/mol. The zero-order chi connectivity index (χ0) is 20.3. The van der Waals surface area contributed by atoms with E-state index in [0.29, 0.717) is 22.6 Å². The largest absolute Gasteiger partial charge is 0.393 e. The molecule has 1 aliphatic heterocycles. The molecule has 0 aromatic carbocycles. The number of nitrogens with two attached hydrogens (primary N) is 3. The van der Waals surface area contributed by atoms with Gasteiger partial charge in [0.25, 0.3) is 5.91 Å². The molecule has 2 unspecified atom stereocenters. The van der Waals surface area contributed by atoms with Crippen molar-refractivity contribution in [1.29, 1.82) is 5.26 Å². The normalized spacial score (nSPS) is 20.2. The minimum atomic E-state index is -0.699. The first-order valence-electron chi connectivity index (χ1n) is 9.01. The summed E-state index contributed by atoms with van der Waals surface area (Å²) in [6.07, 6.45) is 4.07. The molecule has 1 aliphatic rings. The number of primary amides is 1. The third-order valence-electron chi connectivity index (χ3n) is 5.02. The molecule has 9 nitrogen and oxygen atoms in total. The predicted molar refractivity (Wildman–Crippen MR) is 107 cm³/mol. The number of anilines is 2. The highest BCUT2D eigenvalue weighted by molar-refractivity contribution is 5.99. The number of hydrogen-bond acceptors (Lipinski definition) is 7. The Balaban J connectivity index is 1.76. The van der Waals surface area contributed by atoms with Gasteiger partial charge in [0.05, 0.1) is 11.3 Å². The molecule has 146 valence electrons. The highest BCUT2D eigenvalue weighted by Crippen LogP contribution is 2.26. The van der Waals surface area contributed by atoms with Crippen LogP contribution in [-0.4, -0.2) is 35.0 Å². The fourth-order valence-corrected chi connectivity index (χ4v) is 3.42. The summed E-state index contributed by atoms with van der Waals surface area (Å²) < 4.78 is 0. The summed E-state index contributed by atoms with van der Waals surface area (Å²) in [6.45, 7) is 3.66. The van der Waals surface area contributed by atoms with Crippen LogP contribution in [0.5, 0.6) is 0 Å². The molecule has 0 radical (unpaired) electrons. The molecule has 3 heterocycles. The number of carbonyl (C=O) groups excluding carboxylic acids is 1. The van der Waals surface area contributed by atoms with E-state index < -0.39 is 5.91 Å². The van der Waals surface area contributed by atoms with Crippen LogP contribution in [0.15, 0.2) is 36.3 Å². The van der Waals surface area contributed by atoms with Gasteiger partial charge in [-0.2, -0.15) is 5.26 Å². The van der Waals surface area contributed by atoms with Crippen molar-refractivity contribution in [3.63, 3.8) is 0 Å². The molecule has 8 N–H and O–H groups in total. The summed E-state index contributed by atoms with van der Waals surface area (Å²) in [7, 11) is 0. The number of nitrogens with zero attached hydrogens (tertiary/aromatic N) is 3. The minimum absolute atomic E-state index is 0.0466. The lowest BCUT2D eigenvalue weighted by atomic mass is 9.93. The Labute approximate surface area is 163 Å². The van der Waals surface area contributed by atoms with Crippen LogP contribution in [0.25, 0.3) is 5.70 Å². The molecule has 1 amide bonds. The highest BCUT2D eigenvalue weighted by Gasteiger charge is 2.29. The lowest BCUT2D eigenvalue weighted by Crippen LogP contribution is -2.48. The van der Waals surface area contributed by atoms with Gasteiger partial charge in [-0.25, -0.2) is 4.98 Å². The number of nitrogens with one attached hydrogen (secondary N) is 2. The lowest BCUT2D eigenvalue weighted by Gasteiger charge is -2.39. The molecule has 0 spiro atoms. The van der Waals surface area contributed by atoms with Crippen molar-refractivity contribution < 1.29 is 4.79 Å². The van der Waals surface area contributed by atoms with Crippen molar-refractivity contribution in [3.05, 3.63) is 47.4 Å². The van der Waals surface area contributed by atoms with Crippen LogP contribution in [0, 0.1) is 17.2 Å². The van der Waals surface area contributed by atoms with Crippen LogP contribution in [0.1, 0.15) is 24.5 Å². The summed E-state index contributed by atoms with van der Waals surface area (Å²) in [5, 5.41) is 12.3. The highest BCUT2D eigenvalue weighted by atomic mass is 16.1. The number of carbonyl (C=O) groups is 1. The van der Waals surface area contributed by atoms with Gasteiger partial charge in [-0.3, -0.25) is 4.79 Å². The Morgan fingerprint density at radius 2 is 2.18 bits per heavy atom. The van der Waals surface area contributed by atoms with E-state index in [2.05, 4.69) is 33.2 Å². The summed E-state index contributed by atoms with van der Waals surface area (Å²) in [6, 6.07) is 7.53. The third kappa shape index (κ3) is 3.86. The number of nitriles is 1. The van der Waals surface area contributed by atoms with E-state index in [-0.39, 0.29) is 17.7 Å². The molecule has 9 heteroatoms. The zero-order valence-corrected chi connectivity index (χ0v) is 15.6. The molecule has 2 aromatic heterocycles. The van der Waals surface area contributed by atoms with Gasteiger partial charge in [-0.05, 0) is 30.5 Å². The summed E-state index contributed by atoms with van der Waals surface area (Å²) in [5.41, 5.74) is 18.9. The fourth-order valence-electron chi connectivity index (χ4n) is 3.42. The maximum Gasteiger partial charge on any atom is 0.266 e. The fraction of sp³-hybridized carbons (Fsp3) is 0.316. The predicted octanol–water partition coefficient (Wildman–Crippen LogP) is 0.481. The average molecular weight is 380 g/mol. The van der Waals surface area contributed by atoms with Crippen LogP contribution >= 0.6 is 0 Å². The number of aromatic nitrogens is 2. The van der Waals surface area contributed by atoms with Crippen molar-refractivity contribution in [2.45, 2.75) is 19.4 Å². The molecule has 0 saturated carbocycles. The smallest absolute Gasteiger partial charge is 0.266 e. The van der Waals surface area contributed by atoms with Gasteiger partial charge in [-0.1, -0.05) is 6.92 Å². The maximum atomic E-state index is 11.7. The van der Waals surface area contributed by atoms with Gasteiger partial charge >= 0.3 is 0 Å². The van der Waals surface area contributed by atoms with Gasteiger partial charge in [0, 0.05) is 37.1 Å². The van der Waals surface area contributed by atoms with Crippen LogP contribution < -0.4 is 27.4 Å². The van der Waals surface area contributed by atoms with E-state index in [0.717, 1.165) is 25.3 Å². The van der Waals surface area contributed by atoms with Gasteiger partial charge in [0.2, 0.25) is 0 Å². The molecular weight excluding hydrogens is 356 g/mol. The van der Waals surface area contributed by atoms with Crippen LogP contribution in [0.2, 0.25) is 0 Å². The van der Waals surface area contributed by atoms with Gasteiger partial charge in [0.1, 0.15) is 23.4 Å². The van der Waals surface area contributed by atoms with Gasteiger partial charge in [0.15, 0.2) is 0 Å². The second-order valence-electron chi connectivity index (χ2n) is 6.94. The number of H-pyrrole nitrogens is 1. The molecule has 2 aromatic rings. The first-order valence-corrected chi connectivity index (χ1v) is 9.01. The van der Waals surface area contributed by atoms with E-state index in [1.54, 1.807) is 24.5 Å². The van der Waals surface area contributed by atoms with Gasteiger partial charge < -0.3 is 32.4 Å². The van der Waals surface area contributed by atoms with Crippen molar-refractivity contribution in [3.8, 4) is 6.07 Å². The summed E-state index contributed by atoms with van der Waals surface area (Å²) >= 11 is 0. The molecule has 0 aliphatic carbocycles. The molecule has 28 heavy (non-hydrogen) atoms. The third-order valence-corrected chi connectivity index (χ3v) is 5.02. The molecule has 1 saturated heterocycles. The molecule has 1 fully saturated rings. The number of hydrogen-bond donors (Lipinski definition) is 5. The Morgan fingerprint density at radius 3 is 2.71 bits per heavy atom. The van der Waals surface area contributed by atoms with Crippen molar-refractivity contribution in [2.24, 2.45) is 17.4 Å². The maximum absolute atomic E-state index is 11.7. The quantitative estimate of drug-likeness (QED) is 0.471. The Kier molecular flexibility index (Phi) is 5.40. The van der Waals surface area contributed by atoms with Crippen LogP contribution in [0.3, 0.4) is 0 Å². The number of nitrogen functional groups attached to an aromatic ring is 1. The summed E-state index contributed by atoms with van der Waals surface area (Å²) in [5.74, 6) is 0.794. The number of amides is 1. The lowest BCUT2D eigenvalue weighted by molar-refractivity contribution is -0.114. The van der Waals surface area contributed by atoms with Gasteiger partial charge in [-0.15, -0.1) is 0 Å². The number of aromatic amines is 1. The van der Waals surface area contributed by atoms with E-state index in [9.17, 15) is 4.79 Å². The number of pyridine rings is 1. The van der Waals surface area contributed by atoms with Crippen molar-refractivity contribution in [1.82, 2.24) is 15.3 Å². The second kappa shape index (κ2) is 7.92. The Bertz CT molecular complexity index is 924.